The number of nitrogens with zero attached hydrogens (tertiary/aromatic N) is 2. The van der Waals surface area contributed by atoms with Gasteiger partial charge in [-0.1, -0.05) is 52.0 Å². The second-order valence-electron chi connectivity index (χ2n) is 9.60. The van der Waals surface area contributed by atoms with Gasteiger partial charge in [0.15, 0.2) is 0 Å². The molecule has 3 nitrogen and oxygen atoms in total. The second-order valence-corrected chi connectivity index (χ2v) is 9.60. The number of benzene rings is 1. The van der Waals surface area contributed by atoms with Gasteiger partial charge in [0.2, 0.25) is 5.91 Å². The molecule has 0 saturated carbocycles. The standard InChI is InChI=1S/C24H36F2N2O/c1-17(2)19-5-7-21(8-6-19)22-11-12-27(16-24(22,25)26)15-23(29)28-13-9-20(10-14-28)18(3)4/h5-8,17-18,20,22H,9-16H2,1-4H3. The Labute approximate surface area is 174 Å². The minimum atomic E-state index is -2.82. The average Bonchev–Trinajstić information content (AvgIpc) is 2.67. The molecule has 2 aliphatic heterocycles. The normalized spacial score (nSPS) is 23.7. The van der Waals surface area contributed by atoms with Crippen molar-refractivity contribution in [2.24, 2.45) is 11.8 Å². The number of hydrogen-bond donors (Lipinski definition) is 0. The molecule has 2 aliphatic rings. The molecule has 3 rings (SSSR count). The van der Waals surface area contributed by atoms with Crippen molar-refractivity contribution in [2.45, 2.75) is 64.7 Å². The van der Waals surface area contributed by atoms with E-state index in [2.05, 4.69) is 27.7 Å². The lowest BCUT2D eigenvalue weighted by atomic mass is 9.85. The van der Waals surface area contributed by atoms with Crippen molar-refractivity contribution >= 4 is 5.91 Å². The maximum absolute atomic E-state index is 14.9. The molecule has 2 saturated heterocycles. The van der Waals surface area contributed by atoms with Gasteiger partial charge in [0.1, 0.15) is 0 Å². The molecule has 1 amide bonds. The molecular weight excluding hydrogens is 370 g/mol. The highest BCUT2D eigenvalue weighted by atomic mass is 19.3. The molecular formula is C24H36F2N2O. The summed E-state index contributed by atoms with van der Waals surface area (Å²) in [6, 6.07) is 7.64. The predicted octanol–water partition coefficient (Wildman–Crippen LogP) is 5.13. The zero-order valence-electron chi connectivity index (χ0n) is 18.3. The maximum Gasteiger partial charge on any atom is 0.267 e. The molecule has 5 heteroatoms. The van der Waals surface area contributed by atoms with Gasteiger partial charge in [0.05, 0.1) is 19.0 Å². The number of hydrogen-bond acceptors (Lipinski definition) is 2. The van der Waals surface area contributed by atoms with Crippen LogP contribution in [-0.2, 0) is 4.79 Å². The highest BCUT2D eigenvalue weighted by molar-refractivity contribution is 5.78. The lowest BCUT2D eigenvalue weighted by Gasteiger charge is -2.40. The fraction of sp³-hybridized carbons (Fsp3) is 0.708. The number of rotatable bonds is 5. The Bertz CT molecular complexity index is 679. The number of piperidine rings is 2. The topological polar surface area (TPSA) is 23.6 Å². The summed E-state index contributed by atoms with van der Waals surface area (Å²) in [6.07, 6.45) is 2.43. The summed E-state index contributed by atoms with van der Waals surface area (Å²) < 4.78 is 29.9. The summed E-state index contributed by atoms with van der Waals surface area (Å²) >= 11 is 0. The van der Waals surface area contributed by atoms with Crippen molar-refractivity contribution in [3.63, 3.8) is 0 Å². The molecule has 1 aromatic carbocycles. The molecule has 1 aromatic rings. The lowest BCUT2D eigenvalue weighted by molar-refractivity contribution is -0.137. The Morgan fingerprint density at radius 2 is 1.66 bits per heavy atom. The van der Waals surface area contributed by atoms with Gasteiger partial charge in [0.25, 0.3) is 5.92 Å². The van der Waals surface area contributed by atoms with Crippen LogP contribution in [0.4, 0.5) is 8.78 Å². The largest absolute Gasteiger partial charge is 0.342 e. The predicted molar refractivity (Wildman–Crippen MR) is 113 cm³/mol. The number of halogens is 2. The first kappa shape index (κ1) is 22.2. The van der Waals surface area contributed by atoms with Gasteiger partial charge in [-0.2, -0.15) is 0 Å². The number of amides is 1. The monoisotopic (exact) mass is 406 g/mol. The highest BCUT2D eigenvalue weighted by Crippen LogP contribution is 2.40. The van der Waals surface area contributed by atoms with Gasteiger partial charge < -0.3 is 4.90 Å². The van der Waals surface area contributed by atoms with Crippen LogP contribution >= 0.6 is 0 Å². The smallest absolute Gasteiger partial charge is 0.267 e. The summed E-state index contributed by atoms with van der Waals surface area (Å²) in [6.45, 7) is 10.5. The highest BCUT2D eigenvalue weighted by Gasteiger charge is 2.45. The Kier molecular flexibility index (Phi) is 6.98. The third-order valence-corrected chi connectivity index (χ3v) is 6.88. The Hall–Kier alpha value is -1.49. The zero-order chi connectivity index (χ0) is 21.2. The van der Waals surface area contributed by atoms with E-state index in [0.717, 1.165) is 25.9 Å². The maximum atomic E-state index is 14.9. The van der Waals surface area contributed by atoms with Crippen molar-refractivity contribution in [1.29, 1.82) is 0 Å². The van der Waals surface area contributed by atoms with E-state index in [1.165, 1.54) is 5.56 Å². The zero-order valence-corrected chi connectivity index (χ0v) is 18.3. The first-order valence-electron chi connectivity index (χ1n) is 11.1. The molecule has 0 spiro atoms. The molecule has 29 heavy (non-hydrogen) atoms. The van der Waals surface area contributed by atoms with E-state index in [9.17, 15) is 13.6 Å². The number of likely N-dealkylation sites (tertiary alicyclic amines) is 2. The third-order valence-electron chi connectivity index (χ3n) is 6.88. The van der Waals surface area contributed by atoms with Crippen molar-refractivity contribution in [1.82, 2.24) is 9.80 Å². The third kappa shape index (κ3) is 5.36. The van der Waals surface area contributed by atoms with Crippen molar-refractivity contribution in [2.75, 3.05) is 32.7 Å². The summed E-state index contributed by atoms with van der Waals surface area (Å²) in [5.41, 5.74) is 1.88. The molecule has 2 heterocycles. The van der Waals surface area contributed by atoms with E-state index in [1.807, 2.05) is 29.2 Å². The molecule has 1 atom stereocenters. The van der Waals surface area contributed by atoms with Crippen LogP contribution in [0.5, 0.6) is 0 Å². The summed E-state index contributed by atoms with van der Waals surface area (Å²) in [7, 11) is 0. The number of carbonyl (C=O) groups is 1. The van der Waals surface area contributed by atoms with Crippen molar-refractivity contribution in [3.05, 3.63) is 35.4 Å². The van der Waals surface area contributed by atoms with E-state index in [1.54, 1.807) is 4.90 Å². The molecule has 0 radical (unpaired) electrons. The molecule has 2 fully saturated rings. The first-order chi connectivity index (χ1) is 13.7. The van der Waals surface area contributed by atoms with Crippen LogP contribution in [0.15, 0.2) is 24.3 Å². The summed E-state index contributed by atoms with van der Waals surface area (Å²) in [5, 5.41) is 0. The van der Waals surface area contributed by atoms with Gasteiger partial charge in [-0.05, 0) is 54.7 Å². The van der Waals surface area contributed by atoms with E-state index in [-0.39, 0.29) is 19.0 Å². The Morgan fingerprint density at radius 1 is 1.03 bits per heavy atom. The van der Waals surface area contributed by atoms with Crippen LogP contribution in [0, 0.1) is 11.8 Å². The van der Waals surface area contributed by atoms with Gasteiger partial charge >= 0.3 is 0 Å². The fourth-order valence-corrected chi connectivity index (χ4v) is 4.78. The van der Waals surface area contributed by atoms with E-state index in [0.29, 0.717) is 36.3 Å². The molecule has 1 unspecified atom stereocenters. The van der Waals surface area contributed by atoms with Gasteiger partial charge in [-0.25, -0.2) is 8.78 Å². The molecule has 162 valence electrons. The van der Waals surface area contributed by atoms with Gasteiger partial charge in [-0.3, -0.25) is 9.69 Å². The Morgan fingerprint density at radius 3 is 2.17 bits per heavy atom. The summed E-state index contributed by atoms with van der Waals surface area (Å²) in [4.78, 5) is 16.2. The molecule has 0 bridgehead atoms. The van der Waals surface area contributed by atoms with Crippen LogP contribution in [0.3, 0.4) is 0 Å². The van der Waals surface area contributed by atoms with E-state index >= 15 is 0 Å². The average molecular weight is 407 g/mol. The molecule has 0 aliphatic carbocycles. The van der Waals surface area contributed by atoms with Crippen LogP contribution in [-0.4, -0.2) is 54.4 Å². The molecule has 0 N–H and O–H groups in total. The number of carbonyl (C=O) groups excluding carboxylic acids is 1. The van der Waals surface area contributed by atoms with Gasteiger partial charge in [0, 0.05) is 13.1 Å². The molecule has 0 aromatic heterocycles. The van der Waals surface area contributed by atoms with Crippen molar-refractivity contribution in [3.8, 4) is 0 Å². The Balaban J connectivity index is 1.55. The SMILES string of the molecule is CC(C)c1ccc(C2CCN(CC(=O)N3CCC(C(C)C)CC3)CC2(F)F)cc1. The van der Waals surface area contributed by atoms with Crippen LogP contribution in [0.1, 0.15) is 69.9 Å². The van der Waals surface area contributed by atoms with Crippen LogP contribution in [0.25, 0.3) is 0 Å². The van der Waals surface area contributed by atoms with Crippen LogP contribution in [0.2, 0.25) is 0 Å². The van der Waals surface area contributed by atoms with E-state index < -0.39 is 11.8 Å². The van der Waals surface area contributed by atoms with E-state index in [4.69, 9.17) is 0 Å². The van der Waals surface area contributed by atoms with Crippen LogP contribution < -0.4 is 0 Å². The summed E-state index contributed by atoms with van der Waals surface area (Å²) in [5.74, 6) is -1.88. The minimum Gasteiger partial charge on any atom is -0.342 e. The fourth-order valence-electron chi connectivity index (χ4n) is 4.78. The number of alkyl halides is 2. The quantitative estimate of drug-likeness (QED) is 0.677. The lowest BCUT2D eigenvalue weighted by Crippen LogP contribution is -2.51. The second kappa shape index (κ2) is 9.11. The first-order valence-corrected chi connectivity index (χ1v) is 11.1. The van der Waals surface area contributed by atoms with Crippen molar-refractivity contribution < 1.29 is 13.6 Å². The minimum absolute atomic E-state index is 0.00254. The van der Waals surface area contributed by atoms with Gasteiger partial charge in [-0.15, -0.1) is 0 Å².